The number of nitrogens with one attached hydrogen (secondary N) is 12. The Hall–Kier alpha value is -10.1. The smallest absolute Gasteiger partial charge is 0.326 e. The maximum Gasteiger partial charge on any atom is 0.326 e. The highest BCUT2D eigenvalue weighted by atomic mass is 32.2. The summed E-state index contributed by atoms with van der Waals surface area (Å²) in [6.45, 7) is -0.551. The van der Waals surface area contributed by atoms with Crippen LogP contribution < -0.4 is 86.7 Å². The van der Waals surface area contributed by atoms with Crippen LogP contribution in [-0.2, 0) is 86.3 Å². The van der Waals surface area contributed by atoms with E-state index in [2.05, 4.69) is 47.5 Å². The number of nitrogens with zero attached hydrogens (tertiary/aromatic N) is 2. The lowest BCUT2D eigenvalue weighted by Crippen LogP contribution is -2.62. The van der Waals surface area contributed by atoms with Gasteiger partial charge in [-0.2, -0.15) is 11.8 Å². The Morgan fingerprint density at radius 1 is 0.515 bits per heavy atom. The van der Waals surface area contributed by atoms with Crippen molar-refractivity contribution in [3.63, 3.8) is 0 Å². The fraction of sp³-hybridized carbons (Fsp3) is 0.678. The number of hydrogen-bond acceptors (Lipinski definition) is 24. The third-order valence-corrected chi connectivity index (χ3v) is 16.3. The molecule has 2 rings (SSSR count). The second kappa shape index (κ2) is 45.7. The van der Waals surface area contributed by atoms with Gasteiger partial charge in [-0.15, -0.1) is 0 Å². The summed E-state index contributed by atoms with van der Waals surface area (Å²) in [5.41, 5.74) is 21.8. The van der Waals surface area contributed by atoms with Gasteiger partial charge in [0.05, 0.1) is 39.1 Å². The molecule has 0 saturated carbocycles. The normalized spacial score (nSPS) is 17.1. The molecule has 43 nitrogen and oxygen atoms in total. The van der Waals surface area contributed by atoms with Crippen LogP contribution in [-0.4, -0.2) is 283 Å². The number of amides is 14. The summed E-state index contributed by atoms with van der Waals surface area (Å²) >= 11 is 1.14. The number of rotatable bonds is 49. The molecule has 103 heavy (non-hydrogen) atoms. The van der Waals surface area contributed by atoms with Crippen molar-refractivity contribution in [1.29, 1.82) is 0 Å². The molecule has 44 heteroatoms. The van der Waals surface area contributed by atoms with Crippen LogP contribution >= 0.6 is 11.8 Å². The van der Waals surface area contributed by atoms with E-state index < -0.39 is 237 Å². The largest absolute Gasteiger partial charge is 0.481 e. The second-order valence-electron chi connectivity index (χ2n) is 24.4. The van der Waals surface area contributed by atoms with Gasteiger partial charge in [-0.1, -0.05) is 13.8 Å². The fourth-order valence-electron chi connectivity index (χ4n) is 10.3. The van der Waals surface area contributed by atoms with Gasteiger partial charge in [0, 0.05) is 25.9 Å². The topological polar surface area (TPSA) is 713 Å². The number of carbonyl (C=O) groups excluding carboxylic acids is 14. The maximum atomic E-state index is 14.1. The SMILES string of the molecule is CSCC[C@H](NC(=O)[C@H](CO)NC(=O)[C@H](CC(N)=O)NC(=O)[C@H](CO)NC(=O)[C@H](CO)NC(=O)[C@H](CC(=O)O)NC(=O)[C@H](CCCN=C(N)N)NC(=O)[C@H](CCCCN)NC(=O)[C@@H]1CCC(=O)N1)C(=O)N[C@@H](CC(=O)O)C(=O)N[C@@H](CC(C)C)C(=O)N1CCC[C@H]1C(=O)N[C@@H](CCC(=O)O)C(=O)O. The number of primary amides is 1. The van der Waals surface area contributed by atoms with Crippen molar-refractivity contribution in [1.82, 2.24) is 68.7 Å². The molecule has 0 aromatic rings. The molecule has 2 heterocycles. The lowest BCUT2D eigenvalue weighted by Gasteiger charge is -2.31. The zero-order chi connectivity index (χ0) is 77.8. The molecule has 0 aromatic carbocycles. The highest BCUT2D eigenvalue weighted by molar-refractivity contribution is 7.98. The molecule has 27 N–H and O–H groups in total. The Morgan fingerprint density at radius 2 is 0.932 bits per heavy atom. The highest BCUT2D eigenvalue weighted by Crippen LogP contribution is 2.22. The molecule has 14 amide bonds. The molecule has 0 unspecified atom stereocenters. The van der Waals surface area contributed by atoms with Gasteiger partial charge in [0.1, 0.15) is 78.5 Å². The van der Waals surface area contributed by atoms with E-state index in [1.807, 2.05) is 21.3 Å². The van der Waals surface area contributed by atoms with E-state index in [0.717, 1.165) is 16.7 Å². The van der Waals surface area contributed by atoms with Crippen molar-refractivity contribution in [3.05, 3.63) is 0 Å². The average molecular weight is 1490 g/mol. The van der Waals surface area contributed by atoms with E-state index in [1.165, 1.54) is 0 Å². The Balaban J connectivity index is 2.32. The van der Waals surface area contributed by atoms with Gasteiger partial charge >= 0.3 is 23.9 Å². The summed E-state index contributed by atoms with van der Waals surface area (Å²) < 4.78 is 0. The summed E-state index contributed by atoms with van der Waals surface area (Å²) in [4.78, 5) is 241. The third kappa shape index (κ3) is 32.2. The number of carboxylic acid groups (broad SMARTS) is 4. The lowest BCUT2D eigenvalue weighted by molar-refractivity contribution is -0.146. The minimum atomic E-state index is -2.14. The van der Waals surface area contributed by atoms with Crippen molar-refractivity contribution in [2.24, 2.45) is 33.8 Å². The van der Waals surface area contributed by atoms with Gasteiger partial charge in [0.25, 0.3) is 0 Å². The third-order valence-electron chi connectivity index (χ3n) is 15.6. The number of nitrogens with two attached hydrogens (primary N) is 4. The van der Waals surface area contributed by atoms with Crippen molar-refractivity contribution in [2.45, 2.75) is 195 Å². The van der Waals surface area contributed by atoms with Crippen molar-refractivity contribution in [2.75, 3.05) is 51.5 Å². The van der Waals surface area contributed by atoms with Crippen LogP contribution in [0.15, 0.2) is 4.99 Å². The molecule has 13 atom stereocenters. The number of guanidine groups is 1. The van der Waals surface area contributed by atoms with Crippen LogP contribution in [0, 0.1) is 5.92 Å². The van der Waals surface area contributed by atoms with Crippen LogP contribution in [0.5, 0.6) is 0 Å². The molecule has 2 aliphatic heterocycles. The number of aliphatic hydroxyl groups is 3. The summed E-state index contributed by atoms with van der Waals surface area (Å²) in [7, 11) is 0. The average Bonchev–Trinajstić information content (AvgIpc) is 1.75. The zero-order valence-electron chi connectivity index (χ0n) is 56.9. The minimum Gasteiger partial charge on any atom is -0.481 e. The van der Waals surface area contributed by atoms with E-state index in [-0.39, 0.29) is 95.1 Å². The molecule has 2 aliphatic rings. The zero-order valence-corrected chi connectivity index (χ0v) is 57.8. The monoisotopic (exact) mass is 1490 g/mol. The highest BCUT2D eigenvalue weighted by Gasteiger charge is 2.42. The van der Waals surface area contributed by atoms with Crippen LogP contribution in [0.1, 0.15) is 117 Å². The van der Waals surface area contributed by atoms with E-state index in [9.17, 15) is 117 Å². The number of carbonyl (C=O) groups is 18. The van der Waals surface area contributed by atoms with Crippen molar-refractivity contribution >= 4 is 124 Å². The molecule has 0 aromatic heterocycles. The molecule has 0 radical (unpaired) electrons. The first kappa shape index (κ1) is 89.0. The van der Waals surface area contributed by atoms with Gasteiger partial charge in [-0.25, -0.2) is 4.79 Å². The lowest BCUT2D eigenvalue weighted by atomic mass is 10.0. The fourth-order valence-corrected chi connectivity index (χ4v) is 10.8. The first-order chi connectivity index (χ1) is 48.5. The van der Waals surface area contributed by atoms with E-state index in [4.69, 9.17) is 28.0 Å². The molecule has 0 aliphatic carbocycles. The van der Waals surface area contributed by atoms with Crippen LogP contribution in [0.4, 0.5) is 0 Å². The number of carboxylic acids is 4. The number of aliphatic carboxylic acids is 4. The molecule has 2 fully saturated rings. The Morgan fingerprint density at radius 3 is 1.34 bits per heavy atom. The van der Waals surface area contributed by atoms with Crippen molar-refractivity contribution in [3.8, 4) is 0 Å². The number of aliphatic hydroxyl groups excluding tert-OH is 3. The number of unbranched alkanes of at least 4 members (excludes halogenated alkanes) is 1. The molecular formula is C59H96N18O25S. The van der Waals surface area contributed by atoms with Gasteiger partial charge in [0.15, 0.2) is 5.96 Å². The Kier molecular flexibility index (Phi) is 39.5. The number of hydrogen-bond donors (Lipinski definition) is 23. The second-order valence-corrected chi connectivity index (χ2v) is 25.3. The standard InChI is InChI=1S/C59H96N18O25S/c1-27(2)20-36(57(100)77-18-7-10-40(77)56(99)69-32(58(101)102)12-14-43(83)84)73-51(94)34(22-44(85)86)72-49(92)31(15-19-103-3)68-53(96)37(24-78)74-50(93)33(21-41(61)81)70-54(97)38(25-79)76-55(98)39(26-80)75-52(95)35(23-45(87)88)71-47(90)29(9-6-17-64-59(62)63)67-46(89)28(8-4-5-16-60)66-48(91)30-11-13-42(82)65-30/h27-40,78-80H,4-26,60H2,1-3H3,(H2,61,81)(H,65,82)(H,66,91)(H,67,89)(H,68,96)(H,69,99)(H,70,97)(H,71,90)(H,72,92)(H,73,94)(H,74,93)(H,75,95)(H,76,98)(H,83,84)(H,85,86)(H,87,88)(H,101,102)(H4,62,63,64)/t28-,29-,30-,31-,32-,33-,34-,35-,36-,37-,38-,39-,40-/m0/s1. The van der Waals surface area contributed by atoms with Crippen LogP contribution in [0.25, 0.3) is 0 Å². The predicted molar refractivity (Wildman–Crippen MR) is 356 cm³/mol. The molecule has 578 valence electrons. The van der Waals surface area contributed by atoms with Crippen molar-refractivity contribution < 1.29 is 122 Å². The molecule has 0 spiro atoms. The summed E-state index contributed by atoms with van der Waals surface area (Å²) in [5.74, 6) is -22.8. The quantitative estimate of drug-likeness (QED) is 0.0153. The minimum absolute atomic E-state index is 0.00335. The van der Waals surface area contributed by atoms with Crippen LogP contribution in [0.2, 0.25) is 0 Å². The Bertz CT molecular complexity index is 3070. The summed E-state index contributed by atoms with van der Waals surface area (Å²) in [6.07, 6.45) is -2.43. The first-order valence-electron chi connectivity index (χ1n) is 32.7. The molecule has 2 saturated heterocycles. The maximum absolute atomic E-state index is 14.1. The van der Waals surface area contributed by atoms with Gasteiger partial charge in [-0.05, 0) is 95.1 Å². The number of likely N-dealkylation sites (tertiary alicyclic amines) is 1. The molecule has 0 bridgehead atoms. The predicted octanol–water partition coefficient (Wildman–Crippen LogP) is -10.7. The van der Waals surface area contributed by atoms with E-state index in [1.54, 1.807) is 20.1 Å². The van der Waals surface area contributed by atoms with Gasteiger partial charge in [-0.3, -0.25) is 86.5 Å². The van der Waals surface area contributed by atoms with Gasteiger partial charge in [0.2, 0.25) is 82.7 Å². The number of thioether (sulfide) groups is 1. The van der Waals surface area contributed by atoms with E-state index >= 15 is 0 Å². The van der Waals surface area contributed by atoms with Crippen LogP contribution in [0.3, 0.4) is 0 Å². The summed E-state index contributed by atoms with van der Waals surface area (Å²) in [6, 6.07) is -22.5. The van der Waals surface area contributed by atoms with E-state index in [0.29, 0.717) is 12.8 Å². The molecular weight excluding hydrogens is 1390 g/mol. The summed E-state index contributed by atoms with van der Waals surface area (Å²) in [5, 5.41) is 95.9. The Labute approximate surface area is 593 Å². The van der Waals surface area contributed by atoms with Gasteiger partial charge < -0.3 is 127 Å². The first-order valence-corrected chi connectivity index (χ1v) is 34.1. The number of aliphatic imine (C=N–C) groups is 1.